The number of esters is 3. The highest BCUT2D eigenvalue weighted by Crippen LogP contribution is 2.18. The van der Waals surface area contributed by atoms with Gasteiger partial charge in [-0.25, -0.2) is 0 Å². The van der Waals surface area contributed by atoms with Crippen molar-refractivity contribution < 1.29 is 28.6 Å². The summed E-state index contributed by atoms with van der Waals surface area (Å²) >= 11 is 0. The molecular formula is C63H118O6. The molecule has 1 unspecified atom stereocenters. The third kappa shape index (κ3) is 56.7. The summed E-state index contributed by atoms with van der Waals surface area (Å²) in [4.78, 5) is 38.1. The van der Waals surface area contributed by atoms with Gasteiger partial charge in [-0.2, -0.15) is 0 Å². The minimum absolute atomic E-state index is 0.0715. The summed E-state index contributed by atoms with van der Waals surface area (Å²) in [5, 5.41) is 0. The van der Waals surface area contributed by atoms with Crippen LogP contribution >= 0.6 is 0 Å². The van der Waals surface area contributed by atoms with Crippen LogP contribution in [0.3, 0.4) is 0 Å². The Morgan fingerprint density at radius 3 is 0.826 bits per heavy atom. The van der Waals surface area contributed by atoms with Crippen molar-refractivity contribution in [3.8, 4) is 0 Å². The van der Waals surface area contributed by atoms with Crippen molar-refractivity contribution in [1.29, 1.82) is 0 Å². The topological polar surface area (TPSA) is 78.9 Å². The van der Waals surface area contributed by atoms with Crippen LogP contribution in [-0.2, 0) is 28.6 Å². The molecule has 0 bridgehead atoms. The van der Waals surface area contributed by atoms with E-state index >= 15 is 0 Å². The van der Waals surface area contributed by atoms with E-state index in [9.17, 15) is 14.4 Å². The fourth-order valence-corrected chi connectivity index (χ4v) is 9.30. The fraction of sp³-hybridized carbons (Fsp3) is 0.889. The van der Waals surface area contributed by atoms with Crippen LogP contribution in [0, 0.1) is 0 Å². The van der Waals surface area contributed by atoms with E-state index in [2.05, 4.69) is 45.1 Å². The molecule has 6 heteroatoms. The van der Waals surface area contributed by atoms with Crippen molar-refractivity contribution in [2.45, 2.75) is 348 Å². The van der Waals surface area contributed by atoms with Crippen molar-refractivity contribution in [2.75, 3.05) is 13.2 Å². The van der Waals surface area contributed by atoms with Crippen molar-refractivity contribution in [3.63, 3.8) is 0 Å². The van der Waals surface area contributed by atoms with Gasteiger partial charge < -0.3 is 14.2 Å². The SMILES string of the molecule is CCCCC/C=C\C/C=C\CCCCCCCC(=O)OC(COC(=O)CCCCCCCCCCCCC)COC(=O)CCCCCCCCCCCCCCCCCCCCCCCCCCC. The monoisotopic (exact) mass is 971 g/mol. The van der Waals surface area contributed by atoms with Gasteiger partial charge in [-0.3, -0.25) is 14.4 Å². The second kappa shape index (κ2) is 58.5. The molecule has 0 aliphatic rings. The van der Waals surface area contributed by atoms with Gasteiger partial charge in [0.15, 0.2) is 6.10 Å². The number of rotatable bonds is 57. The van der Waals surface area contributed by atoms with E-state index in [-0.39, 0.29) is 31.1 Å². The Kier molecular flexibility index (Phi) is 56.7. The molecule has 0 saturated carbocycles. The van der Waals surface area contributed by atoms with Crippen LogP contribution in [0.15, 0.2) is 24.3 Å². The van der Waals surface area contributed by atoms with Gasteiger partial charge in [-0.05, 0) is 51.4 Å². The number of ether oxygens (including phenoxy) is 3. The number of hydrogen-bond acceptors (Lipinski definition) is 6. The van der Waals surface area contributed by atoms with Crippen LogP contribution in [-0.4, -0.2) is 37.2 Å². The van der Waals surface area contributed by atoms with Crippen LogP contribution in [0.4, 0.5) is 0 Å². The minimum Gasteiger partial charge on any atom is -0.462 e. The van der Waals surface area contributed by atoms with Gasteiger partial charge in [-0.1, -0.05) is 295 Å². The quantitative estimate of drug-likeness (QED) is 0.0261. The first kappa shape index (κ1) is 66.9. The van der Waals surface area contributed by atoms with E-state index in [0.29, 0.717) is 19.3 Å². The van der Waals surface area contributed by atoms with E-state index in [4.69, 9.17) is 14.2 Å². The van der Waals surface area contributed by atoms with Crippen LogP contribution in [0.2, 0.25) is 0 Å². The van der Waals surface area contributed by atoms with Crippen molar-refractivity contribution in [1.82, 2.24) is 0 Å². The Balaban J connectivity index is 4.18. The zero-order valence-electron chi connectivity index (χ0n) is 46.6. The molecule has 0 rings (SSSR count). The lowest BCUT2D eigenvalue weighted by Gasteiger charge is -2.18. The van der Waals surface area contributed by atoms with E-state index in [0.717, 1.165) is 77.0 Å². The first-order valence-corrected chi connectivity index (χ1v) is 30.8. The summed E-state index contributed by atoms with van der Waals surface area (Å²) in [5.41, 5.74) is 0. The molecule has 0 amide bonds. The van der Waals surface area contributed by atoms with Crippen LogP contribution in [0.1, 0.15) is 342 Å². The van der Waals surface area contributed by atoms with E-state index in [1.54, 1.807) is 0 Å². The zero-order chi connectivity index (χ0) is 50.0. The third-order valence-electron chi connectivity index (χ3n) is 14.0. The Bertz CT molecular complexity index is 1110. The Morgan fingerprint density at radius 1 is 0.290 bits per heavy atom. The molecular weight excluding hydrogens is 853 g/mol. The highest BCUT2D eigenvalue weighted by atomic mass is 16.6. The summed E-state index contributed by atoms with van der Waals surface area (Å²) in [6.45, 7) is 6.65. The molecule has 0 saturated heterocycles. The maximum Gasteiger partial charge on any atom is 0.306 e. The summed E-state index contributed by atoms with van der Waals surface area (Å²) < 4.78 is 16.9. The van der Waals surface area contributed by atoms with Gasteiger partial charge in [-0.15, -0.1) is 0 Å². The van der Waals surface area contributed by atoms with Gasteiger partial charge in [0.05, 0.1) is 0 Å². The molecule has 0 radical (unpaired) electrons. The highest BCUT2D eigenvalue weighted by Gasteiger charge is 2.19. The van der Waals surface area contributed by atoms with Gasteiger partial charge in [0.25, 0.3) is 0 Å². The molecule has 0 N–H and O–H groups in total. The minimum atomic E-state index is -0.773. The molecule has 0 aromatic rings. The van der Waals surface area contributed by atoms with Gasteiger partial charge in [0.2, 0.25) is 0 Å². The number of unbranched alkanes of at least 4 members (excludes halogenated alkanes) is 42. The third-order valence-corrected chi connectivity index (χ3v) is 14.0. The van der Waals surface area contributed by atoms with Crippen LogP contribution < -0.4 is 0 Å². The summed E-state index contributed by atoms with van der Waals surface area (Å²) in [7, 11) is 0. The van der Waals surface area contributed by atoms with Crippen molar-refractivity contribution >= 4 is 17.9 Å². The maximum atomic E-state index is 12.8. The van der Waals surface area contributed by atoms with Crippen LogP contribution in [0.25, 0.3) is 0 Å². The smallest absolute Gasteiger partial charge is 0.306 e. The van der Waals surface area contributed by atoms with Crippen molar-refractivity contribution in [2.24, 2.45) is 0 Å². The summed E-state index contributed by atoms with van der Waals surface area (Å²) in [6, 6.07) is 0. The predicted molar refractivity (Wildman–Crippen MR) is 298 cm³/mol. The Hall–Kier alpha value is -2.11. The lowest BCUT2D eigenvalue weighted by Crippen LogP contribution is -2.30. The fourth-order valence-electron chi connectivity index (χ4n) is 9.30. The lowest BCUT2D eigenvalue weighted by molar-refractivity contribution is -0.167. The second-order valence-electron chi connectivity index (χ2n) is 21.0. The van der Waals surface area contributed by atoms with Crippen LogP contribution in [0.5, 0.6) is 0 Å². The first-order chi connectivity index (χ1) is 34.0. The largest absolute Gasteiger partial charge is 0.462 e. The molecule has 0 aliphatic heterocycles. The van der Waals surface area contributed by atoms with Gasteiger partial charge >= 0.3 is 17.9 Å². The highest BCUT2D eigenvalue weighted by molar-refractivity contribution is 5.71. The molecule has 0 fully saturated rings. The standard InChI is InChI=1S/C63H118O6/c1-4-7-10-13-16-19-22-24-26-27-28-29-30-31-32-33-34-35-37-38-41-44-47-50-53-56-62(65)68-59-60(58-67-61(64)55-52-49-46-43-40-21-18-15-12-9-6-3)69-63(66)57-54-51-48-45-42-39-36-25-23-20-17-14-11-8-5-2/h17,20,25,36,60H,4-16,18-19,21-24,26-35,37-59H2,1-3H3/b20-17-,36-25-. The molecule has 0 heterocycles. The number of carbonyl (C=O) groups excluding carboxylic acids is 3. The molecule has 0 aromatic carbocycles. The van der Waals surface area contributed by atoms with Gasteiger partial charge in [0.1, 0.15) is 13.2 Å². The second-order valence-corrected chi connectivity index (χ2v) is 21.0. The number of carbonyl (C=O) groups is 3. The predicted octanol–water partition coefficient (Wildman–Crippen LogP) is 20.7. The van der Waals surface area contributed by atoms with E-state index in [1.165, 1.54) is 225 Å². The lowest BCUT2D eigenvalue weighted by atomic mass is 10.0. The average molecular weight is 972 g/mol. The summed E-state index contributed by atoms with van der Waals surface area (Å²) in [6.07, 6.45) is 69.0. The Labute approximate surface area is 430 Å². The van der Waals surface area contributed by atoms with Gasteiger partial charge in [0, 0.05) is 19.3 Å². The molecule has 0 aromatic heterocycles. The number of allylic oxidation sites excluding steroid dienone is 4. The van der Waals surface area contributed by atoms with E-state index in [1.807, 2.05) is 0 Å². The number of hydrogen-bond donors (Lipinski definition) is 0. The first-order valence-electron chi connectivity index (χ1n) is 30.8. The molecule has 0 spiro atoms. The molecule has 1 atom stereocenters. The van der Waals surface area contributed by atoms with E-state index < -0.39 is 6.10 Å². The zero-order valence-corrected chi connectivity index (χ0v) is 46.6. The normalized spacial score (nSPS) is 12.1. The maximum absolute atomic E-state index is 12.8. The molecule has 0 aliphatic carbocycles. The Morgan fingerprint density at radius 2 is 0.522 bits per heavy atom. The summed E-state index contributed by atoms with van der Waals surface area (Å²) in [5.74, 6) is -0.864. The molecule has 6 nitrogen and oxygen atoms in total. The molecule has 69 heavy (non-hydrogen) atoms. The molecule has 406 valence electrons. The average Bonchev–Trinajstić information content (AvgIpc) is 3.35. The van der Waals surface area contributed by atoms with Crippen molar-refractivity contribution in [3.05, 3.63) is 24.3 Å².